The van der Waals surface area contributed by atoms with Crippen LogP contribution >= 0.6 is 0 Å². The van der Waals surface area contributed by atoms with Crippen LogP contribution in [-0.4, -0.2) is 38.1 Å². The van der Waals surface area contributed by atoms with Crippen LogP contribution in [0.25, 0.3) is 11.1 Å². The maximum Gasteiger partial charge on any atom is 0.342 e. The van der Waals surface area contributed by atoms with E-state index >= 15 is 0 Å². The second-order valence-corrected chi connectivity index (χ2v) is 4.70. The van der Waals surface area contributed by atoms with Crippen LogP contribution in [0.15, 0.2) is 23.0 Å². The van der Waals surface area contributed by atoms with E-state index in [9.17, 15) is 34.5 Å². The molecule has 0 atom stereocenters. The van der Waals surface area contributed by atoms with Gasteiger partial charge in [0.1, 0.15) is 22.7 Å². The molecule has 0 spiro atoms. The van der Waals surface area contributed by atoms with Gasteiger partial charge in [-0.25, -0.2) is 9.59 Å². The standard InChI is InChI=1S/C14H11N3O7/c15-10-8(13(21)22)7(9(14(23)24)12(20)17-10)4-1-2-6(18)5(3-4)11(16)19/h1-3,18H,(H2,16,19)(H,21,22)(H,23,24)(H3,15,17,20). The molecule has 124 valence electrons. The SMILES string of the molecule is NC(=O)c1cc(-c2c(C(=O)O)c(N)[nH]c(=O)c2C(=O)O)ccc1O. The molecule has 0 saturated heterocycles. The highest BCUT2D eigenvalue weighted by atomic mass is 16.4. The Morgan fingerprint density at radius 3 is 2.12 bits per heavy atom. The van der Waals surface area contributed by atoms with Gasteiger partial charge in [-0.2, -0.15) is 0 Å². The number of amides is 1. The number of carbonyl (C=O) groups excluding carboxylic acids is 1. The molecule has 10 heteroatoms. The highest BCUT2D eigenvalue weighted by molar-refractivity contribution is 6.08. The Kier molecular flexibility index (Phi) is 3.97. The van der Waals surface area contributed by atoms with Gasteiger partial charge in [-0.3, -0.25) is 9.59 Å². The van der Waals surface area contributed by atoms with Gasteiger partial charge in [0, 0.05) is 5.56 Å². The molecular formula is C14H11N3O7. The number of carboxylic acid groups (broad SMARTS) is 2. The van der Waals surface area contributed by atoms with Crippen molar-refractivity contribution in [3.05, 3.63) is 45.2 Å². The van der Waals surface area contributed by atoms with Gasteiger partial charge in [0.15, 0.2) is 0 Å². The number of nitrogen functional groups attached to an aromatic ring is 1. The number of phenols is 1. The predicted molar refractivity (Wildman–Crippen MR) is 81.0 cm³/mol. The van der Waals surface area contributed by atoms with Crippen molar-refractivity contribution in [1.29, 1.82) is 0 Å². The number of primary amides is 1. The molecule has 0 aliphatic carbocycles. The molecule has 1 amide bonds. The Bertz CT molecular complexity index is 946. The zero-order chi connectivity index (χ0) is 18.2. The Labute approximate surface area is 133 Å². The van der Waals surface area contributed by atoms with Crippen molar-refractivity contribution in [2.75, 3.05) is 5.73 Å². The van der Waals surface area contributed by atoms with Crippen molar-refractivity contribution in [2.45, 2.75) is 0 Å². The Morgan fingerprint density at radius 2 is 1.62 bits per heavy atom. The number of nitrogens with one attached hydrogen (secondary N) is 1. The average Bonchev–Trinajstić information content (AvgIpc) is 2.45. The van der Waals surface area contributed by atoms with Crippen LogP contribution in [0.3, 0.4) is 0 Å². The van der Waals surface area contributed by atoms with E-state index in [1.807, 2.05) is 4.98 Å². The Hall–Kier alpha value is -3.82. The van der Waals surface area contributed by atoms with E-state index in [1.165, 1.54) is 0 Å². The maximum atomic E-state index is 11.9. The number of aromatic nitrogens is 1. The zero-order valence-corrected chi connectivity index (χ0v) is 11.9. The highest BCUT2D eigenvalue weighted by Gasteiger charge is 2.27. The summed E-state index contributed by atoms with van der Waals surface area (Å²) in [7, 11) is 0. The number of anilines is 1. The van der Waals surface area contributed by atoms with E-state index in [1.54, 1.807) is 0 Å². The highest BCUT2D eigenvalue weighted by Crippen LogP contribution is 2.32. The molecule has 0 aliphatic heterocycles. The van der Waals surface area contributed by atoms with E-state index in [4.69, 9.17) is 11.5 Å². The summed E-state index contributed by atoms with van der Waals surface area (Å²) in [5.41, 5.74) is 6.92. The fourth-order valence-corrected chi connectivity index (χ4v) is 2.22. The molecule has 1 aromatic carbocycles. The van der Waals surface area contributed by atoms with E-state index in [2.05, 4.69) is 0 Å². The molecule has 10 nitrogen and oxygen atoms in total. The quantitative estimate of drug-likeness (QED) is 0.443. The first-order chi connectivity index (χ1) is 11.1. The maximum absolute atomic E-state index is 11.9. The third kappa shape index (κ3) is 2.63. The van der Waals surface area contributed by atoms with Gasteiger partial charge < -0.3 is 31.8 Å². The molecule has 2 aromatic rings. The van der Waals surface area contributed by atoms with Crippen LogP contribution in [0.2, 0.25) is 0 Å². The number of carboxylic acids is 2. The number of aromatic carboxylic acids is 2. The lowest BCUT2D eigenvalue weighted by molar-refractivity contribution is 0.0695. The molecule has 0 aliphatic rings. The summed E-state index contributed by atoms with van der Waals surface area (Å²) in [6, 6.07) is 3.13. The first-order valence-electron chi connectivity index (χ1n) is 6.30. The molecule has 2 rings (SSSR count). The number of aromatic amines is 1. The summed E-state index contributed by atoms with van der Waals surface area (Å²) < 4.78 is 0. The van der Waals surface area contributed by atoms with E-state index in [0.29, 0.717) is 0 Å². The van der Waals surface area contributed by atoms with Crippen LogP contribution < -0.4 is 17.0 Å². The van der Waals surface area contributed by atoms with Crippen molar-refractivity contribution in [3.63, 3.8) is 0 Å². The van der Waals surface area contributed by atoms with Crippen LogP contribution in [0.4, 0.5) is 5.82 Å². The summed E-state index contributed by atoms with van der Waals surface area (Å²) in [5, 5.41) is 28.1. The minimum absolute atomic E-state index is 0.130. The predicted octanol–water partition coefficient (Wildman–Crippen LogP) is -0.175. The number of benzene rings is 1. The van der Waals surface area contributed by atoms with Crippen LogP contribution in [0.1, 0.15) is 31.1 Å². The molecule has 0 saturated carbocycles. The van der Waals surface area contributed by atoms with Crippen LogP contribution in [0.5, 0.6) is 5.75 Å². The molecule has 0 unspecified atom stereocenters. The summed E-state index contributed by atoms with van der Waals surface area (Å²) in [5.74, 6) is -5.35. The van der Waals surface area contributed by atoms with Crippen molar-refractivity contribution in [2.24, 2.45) is 5.73 Å². The monoisotopic (exact) mass is 333 g/mol. The lowest BCUT2D eigenvalue weighted by atomic mass is 9.94. The summed E-state index contributed by atoms with van der Waals surface area (Å²) in [6.07, 6.45) is 0. The molecule has 1 aromatic heterocycles. The van der Waals surface area contributed by atoms with Crippen molar-refractivity contribution in [3.8, 4) is 16.9 Å². The molecule has 24 heavy (non-hydrogen) atoms. The topological polar surface area (TPSA) is 197 Å². The van der Waals surface area contributed by atoms with E-state index in [0.717, 1.165) is 18.2 Å². The first kappa shape index (κ1) is 16.5. The number of hydrogen-bond acceptors (Lipinski definition) is 6. The minimum Gasteiger partial charge on any atom is -0.507 e. The fourth-order valence-electron chi connectivity index (χ4n) is 2.22. The number of hydrogen-bond donors (Lipinski definition) is 6. The second-order valence-electron chi connectivity index (χ2n) is 4.70. The number of carbonyl (C=O) groups is 3. The first-order valence-corrected chi connectivity index (χ1v) is 6.30. The number of aromatic hydroxyl groups is 1. The van der Waals surface area contributed by atoms with Crippen LogP contribution in [0, 0.1) is 0 Å². The van der Waals surface area contributed by atoms with Crippen molar-refractivity contribution in [1.82, 2.24) is 4.98 Å². The Balaban J connectivity index is 2.99. The van der Waals surface area contributed by atoms with Crippen molar-refractivity contribution >= 4 is 23.7 Å². The summed E-state index contributed by atoms with van der Waals surface area (Å²) in [4.78, 5) is 48.0. The number of pyridine rings is 1. The number of nitrogens with two attached hydrogens (primary N) is 2. The van der Waals surface area contributed by atoms with Crippen LogP contribution in [-0.2, 0) is 0 Å². The minimum atomic E-state index is -1.69. The normalized spacial score (nSPS) is 10.3. The number of rotatable bonds is 4. The number of H-pyrrole nitrogens is 1. The second kappa shape index (κ2) is 5.76. The molecular weight excluding hydrogens is 322 g/mol. The van der Waals surface area contributed by atoms with Gasteiger partial charge in [0.05, 0.1) is 5.56 Å². The zero-order valence-electron chi connectivity index (χ0n) is 11.9. The van der Waals surface area contributed by atoms with Crippen molar-refractivity contribution < 1.29 is 29.7 Å². The lowest BCUT2D eigenvalue weighted by Crippen LogP contribution is -2.24. The average molecular weight is 333 g/mol. The van der Waals surface area contributed by atoms with Gasteiger partial charge in [-0.15, -0.1) is 0 Å². The van der Waals surface area contributed by atoms with Gasteiger partial charge in [-0.05, 0) is 17.7 Å². The third-order valence-corrected chi connectivity index (χ3v) is 3.22. The molecule has 0 bridgehead atoms. The third-order valence-electron chi connectivity index (χ3n) is 3.22. The fraction of sp³-hybridized carbons (Fsp3) is 0. The van der Waals surface area contributed by atoms with Gasteiger partial charge in [0.25, 0.3) is 11.5 Å². The molecule has 1 heterocycles. The van der Waals surface area contributed by atoms with E-state index < -0.39 is 51.7 Å². The summed E-state index contributed by atoms with van der Waals surface area (Å²) in [6.45, 7) is 0. The lowest BCUT2D eigenvalue weighted by Gasteiger charge is -2.13. The molecule has 0 radical (unpaired) electrons. The van der Waals surface area contributed by atoms with E-state index in [-0.39, 0.29) is 11.1 Å². The molecule has 0 fully saturated rings. The largest absolute Gasteiger partial charge is 0.507 e. The summed E-state index contributed by atoms with van der Waals surface area (Å²) >= 11 is 0. The molecule has 8 N–H and O–H groups in total. The Morgan fingerprint density at radius 1 is 1.04 bits per heavy atom. The van der Waals surface area contributed by atoms with Gasteiger partial charge in [0.2, 0.25) is 0 Å². The van der Waals surface area contributed by atoms with Gasteiger partial charge in [-0.1, -0.05) is 6.07 Å². The smallest absolute Gasteiger partial charge is 0.342 e. The van der Waals surface area contributed by atoms with Gasteiger partial charge >= 0.3 is 11.9 Å².